The number of aromatic amines is 1. The molecule has 6 aromatic rings. The molecule has 1 atom stereocenters. The number of rotatable bonds is 8. The summed E-state index contributed by atoms with van der Waals surface area (Å²) >= 11 is 0. The van der Waals surface area contributed by atoms with Crippen molar-refractivity contribution in [3.63, 3.8) is 0 Å². The number of hydrogen-bond acceptors (Lipinski definition) is 9. The molecule has 1 saturated heterocycles. The minimum absolute atomic E-state index is 0.00699. The van der Waals surface area contributed by atoms with Crippen LogP contribution >= 0.6 is 0 Å². The maximum Gasteiger partial charge on any atom is 0.262 e. The zero-order valence-electron chi connectivity index (χ0n) is 29.5. The third-order valence-electron chi connectivity index (χ3n) is 10.0. The molecule has 2 N–H and O–H groups in total. The average molecular weight is 753 g/mol. The van der Waals surface area contributed by atoms with Crippen molar-refractivity contribution in [3.8, 4) is 40.3 Å². The standard InChI is InChI=1S/C42H30F2N6O6/c1-22-4-10-35(40(51)48-22)50-41(52)29-9-8-25(17-31(29)42(50)53)54-14-2-3-24-6-7-26(20-46-24)55-27-15-28(16-27)56-36-11-5-23(19-47-36)30-18-34-37(39(44)38(30)43)32-21-45-13-12-33(32)49-34/h5-9,11-13,17-21,27-28,35,49H,1,4,10,14-16H2,(H,48,51). The van der Waals surface area contributed by atoms with Crippen molar-refractivity contribution >= 4 is 39.5 Å². The molecule has 12 nitrogen and oxygen atoms in total. The Morgan fingerprint density at radius 2 is 1.66 bits per heavy atom. The molecule has 0 bridgehead atoms. The largest absolute Gasteiger partial charge is 0.489 e. The Hall–Kier alpha value is -7.14. The fourth-order valence-electron chi connectivity index (χ4n) is 7.12. The van der Waals surface area contributed by atoms with Gasteiger partial charge in [0, 0.05) is 70.6 Å². The van der Waals surface area contributed by atoms with Crippen LogP contribution in [0, 0.1) is 23.5 Å². The molecule has 56 heavy (non-hydrogen) atoms. The number of ether oxygens (including phenoxy) is 3. The zero-order valence-corrected chi connectivity index (χ0v) is 29.5. The lowest BCUT2D eigenvalue weighted by atomic mass is 9.92. The van der Waals surface area contributed by atoms with Gasteiger partial charge in [0.2, 0.25) is 11.8 Å². The van der Waals surface area contributed by atoms with Crippen molar-refractivity contribution in [1.82, 2.24) is 30.2 Å². The van der Waals surface area contributed by atoms with Gasteiger partial charge in [0.25, 0.3) is 11.8 Å². The number of carbonyl (C=O) groups excluding carboxylic acids is 3. The first kappa shape index (κ1) is 34.6. The lowest BCUT2D eigenvalue weighted by molar-refractivity contribution is -0.125. The summed E-state index contributed by atoms with van der Waals surface area (Å²) in [5.41, 5.74) is 3.10. The van der Waals surface area contributed by atoms with E-state index >= 15 is 8.78 Å². The number of nitrogens with zero attached hydrogens (tertiary/aromatic N) is 4. The van der Waals surface area contributed by atoms with Gasteiger partial charge in [-0.1, -0.05) is 12.5 Å². The molecule has 278 valence electrons. The van der Waals surface area contributed by atoms with Gasteiger partial charge in [-0.05, 0) is 67.3 Å². The predicted molar refractivity (Wildman–Crippen MR) is 199 cm³/mol. The molecule has 6 heterocycles. The molecule has 3 amide bonds. The van der Waals surface area contributed by atoms with Crippen LogP contribution in [0.4, 0.5) is 8.78 Å². The highest BCUT2D eigenvalue weighted by Crippen LogP contribution is 2.36. The van der Waals surface area contributed by atoms with Crippen LogP contribution in [-0.4, -0.2) is 67.4 Å². The van der Waals surface area contributed by atoms with Crippen molar-refractivity contribution in [2.75, 3.05) is 6.61 Å². The summed E-state index contributed by atoms with van der Waals surface area (Å²) in [5, 5.41) is 3.29. The fraction of sp³-hybridized carbons (Fsp3) is 0.190. The highest BCUT2D eigenvalue weighted by Gasteiger charge is 2.44. The maximum absolute atomic E-state index is 15.2. The molecule has 1 saturated carbocycles. The van der Waals surface area contributed by atoms with Crippen LogP contribution in [0.5, 0.6) is 17.4 Å². The van der Waals surface area contributed by atoms with Crippen LogP contribution in [0.25, 0.3) is 32.9 Å². The van der Waals surface area contributed by atoms with Gasteiger partial charge in [-0.2, -0.15) is 0 Å². The molecule has 0 radical (unpaired) electrons. The van der Waals surface area contributed by atoms with Crippen molar-refractivity contribution in [3.05, 3.63) is 120 Å². The molecule has 14 heteroatoms. The number of carbonyl (C=O) groups is 3. The molecule has 0 spiro atoms. The predicted octanol–water partition coefficient (Wildman–Crippen LogP) is 6.26. The normalized spacial score (nSPS) is 19.0. The van der Waals surface area contributed by atoms with Crippen molar-refractivity contribution < 1.29 is 37.4 Å². The molecule has 2 fully saturated rings. The van der Waals surface area contributed by atoms with Crippen LogP contribution in [-0.2, 0) is 4.79 Å². The number of benzene rings is 2. The first-order valence-electron chi connectivity index (χ1n) is 17.8. The Bertz CT molecular complexity index is 2660. The van der Waals surface area contributed by atoms with Crippen LogP contribution in [0.3, 0.4) is 0 Å². The molecule has 2 aliphatic heterocycles. The Kier molecular flexibility index (Phi) is 8.61. The van der Waals surface area contributed by atoms with Gasteiger partial charge in [0.1, 0.15) is 42.0 Å². The number of fused-ring (bicyclic) bond motifs is 4. The monoisotopic (exact) mass is 752 g/mol. The van der Waals surface area contributed by atoms with Gasteiger partial charge >= 0.3 is 0 Å². The topological polar surface area (TPSA) is 149 Å². The summed E-state index contributed by atoms with van der Waals surface area (Å²) in [5.74, 6) is 3.75. The SMILES string of the molecule is C=C1CCC(N2C(=O)c3ccc(OCC#Cc4ccc(OC5CC(Oc6ccc(-c7cc8[nH]c9ccncc9c8c(F)c7F)cn6)C5)cn4)cc3C2=O)C(=O)N1. The number of amides is 3. The number of piperidine rings is 1. The van der Waals surface area contributed by atoms with Gasteiger partial charge in [-0.15, -0.1) is 0 Å². The number of H-pyrrole nitrogens is 1. The van der Waals surface area contributed by atoms with Crippen molar-refractivity contribution in [2.24, 2.45) is 0 Å². The third-order valence-corrected chi connectivity index (χ3v) is 10.0. The second-order valence-electron chi connectivity index (χ2n) is 13.7. The van der Waals surface area contributed by atoms with Crippen LogP contribution in [0.2, 0.25) is 0 Å². The van der Waals surface area contributed by atoms with E-state index in [0.29, 0.717) is 76.4 Å². The second kappa shape index (κ2) is 13.9. The van der Waals surface area contributed by atoms with E-state index in [1.807, 2.05) is 0 Å². The minimum Gasteiger partial charge on any atom is -0.489 e. The minimum atomic E-state index is -0.958. The summed E-state index contributed by atoms with van der Waals surface area (Å²) in [6.45, 7) is 3.75. The van der Waals surface area contributed by atoms with Crippen molar-refractivity contribution in [1.29, 1.82) is 0 Å². The van der Waals surface area contributed by atoms with E-state index in [0.717, 1.165) is 4.90 Å². The zero-order chi connectivity index (χ0) is 38.5. The fourth-order valence-corrected chi connectivity index (χ4v) is 7.12. The lowest BCUT2D eigenvalue weighted by Crippen LogP contribution is -2.51. The molecule has 4 aromatic heterocycles. The maximum atomic E-state index is 15.2. The van der Waals surface area contributed by atoms with Gasteiger partial charge in [-0.3, -0.25) is 24.3 Å². The highest BCUT2D eigenvalue weighted by molar-refractivity contribution is 6.23. The highest BCUT2D eigenvalue weighted by atomic mass is 19.2. The van der Waals surface area contributed by atoms with Gasteiger partial charge in [0.15, 0.2) is 11.6 Å². The Balaban J connectivity index is 0.745. The van der Waals surface area contributed by atoms with E-state index in [2.05, 4.69) is 43.7 Å². The van der Waals surface area contributed by atoms with Crippen LogP contribution < -0.4 is 19.5 Å². The van der Waals surface area contributed by atoms with E-state index in [-0.39, 0.29) is 40.9 Å². The van der Waals surface area contributed by atoms with Gasteiger partial charge in [0.05, 0.1) is 22.8 Å². The van der Waals surface area contributed by atoms with E-state index in [9.17, 15) is 14.4 Å². The first-order chi connectivity index (χ1) is 27.2. The van der Waals surface area contributed by atoms with E-state index in [1.165, 1.54) is 24.5 Å². The van der Waals surface area contributed by atoms with Crippen LogP contribution in [0.1, 0.15) is 52.1 Å². The Morgan fingerprint density at radius 1 is 0.839 bits per heavy atom. The number of aromatic nitrogens is 4. The van der Waals surface area contributed by atoms with Crippen molar-refractivity contribution in [2.45, 2.75) is 43.9 Å². The molecule has 1 aliphatic carbocycles. The van der Waals surface area contributed by atoms with E-state index in [1.54, 1.807) is 54.9 Å². The van der Waals surface area contributed by atoms with E-state index < -0.39 is 35.4 Å². The summed E-state index contributed by atoms with van der Waals surface area (Å²) in [7, 11) is 0. The van der Waals surface area contributed by atoms with Crippen LogP contribution in [0.15, 0.2) is 91.7 Å². The quantitative estimate of drug-likeness (QED) is 0.136. The molecule has 1 unspecified atom stereocenters. The number of pyridine rings is 3. The number of hydrogen-bond donors (Lipinski definition) is 2. The lowest BCUT2D eigenvalue weighted by Gasteiger charge is -2.34. The molecule has 2 aromatic carbocycles. The summed E-state index contributed by atoms with van der Waals surface area (Å²) in [4.78, 5) is 55.3. The Labute approximate surface area is 317 Å². The first-order valence-corrected chi connectivity index (χ1v) is 17.8. The summed E-state index contributed by atoms with van der Waals surface area (Å²) in [6.07, 6.45) is 8.00. The molecular formula is C42H30F2N6O6. The molecular weight excluding hydrogens is 722 g/mol. The number of imide groups is 1. The molecule has 9 rings (SSSR count). The molecule has 3 aliphatic rings. The average Bonchev–Trinajstić information content (AvgIpc) is 3.68. The summed E-state index contributed by atoms with van der Waals surface area (Å²) < 4.78 is 48.0. The third kappa shape index (κ3) is 6.32. The number of allylic oxidation sites excluding steroid dienone is 1. The summed E-state index contributed by atoms with van der Waals surface area (Å²) in [6, 6.07) is 13.8. The smallest absolute Gasteiger partial charge is 0.262 e. The Morgan fingerprint density at radius 3 is 2.45 bits per heavy atom. The van der Waals surface area contributed by atoms with E-state index in [4.69, 9.17) is 14.2 Å². The number of nitrogens with one attached hydrogen (secondary N) is 2. The van der Waals surface area contributed by atoms with Gasteiger partial charge in [-0.25, -0.2) is 18.7 Å². The van der Waals surface area contributed by atoms with Gasteiger partial charge < -0.3 is 24.5 Å². The second-order valence-corrected chi connectivity index (χ2v) is 13.7. The number of halogens is 2.